The van der Waals surface area contributed by atoms with E-state index >= 15 is 0 Å². The second kappa shape index (κ2) is 4.53. The van der Waals surface area contributed by atoms with Crippen LogP contribution >= 0.6 is 15.9 Å². The fraction of sp³-hybridized carbons (Fsp3) is 0.308. The predicted octanol–water partition coefficient (Wildman–Crippen LogP) is 3.45. The highest BCUT2D eigenvalue weighted by Gasteiger charge is 2.15. The Morgan fingerprint density at radius 3 is 2.59 bits per heavy atom. The smallest absolute Gasteiger partial charge is 0.136 e. The van der Waals surface area contributed by atoms with Gasteiger partial charge in [0.25, 0.3) is 0 Å². The quantitative estimate of drug-likeness (QED) is 0.922. The molecule has 1 atom stereocenters. The van der Waals surface area contributed by atoms with Crippen molar-refractivity contribution in [2.24, 2.45) is 0 Å². The Kier molecular flexibility index (Phi) is 3.24. The Balaban J connectivity index is 2.43. The summed E-state index contributed by atoms with van der Waals surface area (Å²) in [5.41, 5.74) is 9.76. The molecule has 1 aromatic carbocycles. The first-order valence-electron chi connectivity index (χ1n) is 5.56. The van der Waals surface area contributed by atoms with Gasteiger partial charge in [0.2, 0.25) is 0 Å². The number of benzene rings is 1. The van der Waals surface area contributed by atoms with Crippen molar-refractivity contribution in [3.05, 3.63) is 45.6 Å². The number of nitrogens with two attached hydrogens (primary N) is 1. The molecule has 4 heteroatoms. The molecule has 17 heavy (non-hydrogen) atoms. The normalized spacial score (nSPS) is 12.7. The van der Waals surface area contributed by atoms with Crippen LogP contribution in [0.3, 0.4) is 0 Å². The van der Waals surface area contributed by atoms with Crippen molar-refractivity contribution in [3.63, 3.8) is 0 Å². The number of hydrogen-bond donors (Lipinski definition) is 1. The molecule has 1 unspecified atom stereocenters. The molecule has 3 nitrogen and oxygen atoms in total. The summed E-state index contributed by atoms with van der Waals surface area (Å²) in [6.07, 6.45) is 1.73. The molecule has 0 aliphatic rings. The van der Waals surface area contributed by atoms with Gasteiger partial charge in [-0.25, -0.2) is 4.68 Å². The van der Waals surface area contributed by atoms with Crippen molar-refractivity contribution < 1.29 is 0 Å². The zero-order chi connectivity index (χ0) is 12.6. The van der Waals surface area contributed by atoms with Crippen LogP contribution in [-0.4, -0.2) is 9.78 Å². The van der Waals surface area contributed by atoms with E-state index in [4.69, 9.17) is 5.73 Å². The number of nitrogens with zero attached hydrogens (tertiary/aromatic N) is 2. The minimum Gasteiger partial charge on any atom is -0.383 e. The Labute approximate surface area is 110 Å². The Hall–Kier alpha value is -1.29. The maximum Gasteiger partial charge on any atom is 0.136 e. The summed E-state index contributed by atoms with van der Waals surface area (Å²) in [7, 11) is 0. The lowest BCUT2D eigenvalue weighted by Crippen LogP contribution is -2.12. The number of rotatable bonds is 2. The van der Waals surface area contributed by atoms with Gasteiger partial charge in [0.05, 0.1) is 16.7 Å². The summed E-state index contributed by atoms with van der Waals surface area (Å²) in [6, 6.07) is 6.58. The summed E-state index contributed by atoms with van der Waals surface area (Å²) in [5, 5.41) is 4.30. The van der Waals surface area contributed by atoms with E-state index < -0.39 is 0 Å². The van der Waals surface area contributed by atoms with E-state index in [-0.39, 0.29) is 6.04 Å². The van der Waals surface area contributed by atoms with Gasteiger partial charge in [-0.2, -0.15) is 5.10 Å². The first kappa shape index (κ1) is 12.2. The molecule has 2 rings (SSSR count). The van der Waals surface area contributed by atoms with E-state index in [2.05, 4.69) is 60.0 Å². The number of nitrogen functional groups attached to an aromatic ring is 1. The SMILES string of the molecule is Cc1ccc(C(C)n2ncc(Br)c2N)c(C)c1. The molecule has 1 heterocycles. The predicted molar refractivity (Wildman–Crippen MR) is 74.1 cm³/mol. The van der Waals surface area contributed by atoms with E-state index in [1.54, 1.807) is 6.20 Å². The highest BCUT2D eigenvalue weighted by molar-refractivity contribution is 9.10. The summed E-state index contributed by atoms with van der Waals surface area (Å²) in [6.45, 7) is 6.32. The molecule has 0 aliphatic carbocycles. The standard InChI is InChI=1S/C13H16BrN3/c1-8-4-5-11(9(2)6-8)10(3)17-13(15)12(14)7-16-17/h4-7,10H,15H2,1-3H3. The van der Waals surface area contributed by atoms with Crippen LogP contribution in [0.4, 0.5) is 5.82 Å². The van der Waals surface area contributed by atoms with Gasteiger partial charge in [-0.3, -0.25) is 0 Å². The summed E-state index contributed by atoms with van der Waals surface area (Å²) in [5.74, 6) is 0.664. The zero-order valence-electron chi connectivity index (χ0n) is 10.2. The summed E-state index contributed by atoms with van der Waals surface area (Å²) < 4.78 is 2.68. The molecule has 90 valence electrons. The lowest BCUT2D eigenvalue weighted by atomic mass is 10.0. The molecule has 0 amide bonds. The minimum absolute atomic E-state index is 0.141. The molecule has 0 saturated heterocycles. The monoisotopic (exact) mass is 293 g/mol. The Morgan fingerprint density at radius 1 is 1.35 bits per heavy atom. The average Bonchev–Trinajstić information content (AvgIpc) is 2.59. The fourth-order valence-corrected chi connectivity index (χ4v) is 2.36. The van der Waals surface area contributed by atoms with Gasteiger partial charge in [0.1, 0.15) is 5.82 Å². The molecule has 0 radical (unpaired) electrons. The number of anilines is 1. The van der Waals surface area contributed by atoms with Crippen molar-refractivity contribution in [3.8, 4) is 0 Å². The number of hydrogen-bond acceptors (Lipinski definition) is 2. The molecule has 0 spiro atoms. The van der Waals surface area contributed by atoms with E-state index in [9.17, 15) is 0 Å². The highest BCUT2D eigenvalue weighted by Crippen LogP contribution is 2.27. The van der Waals surface area contributed by atoms with Crippen molar-refractivity contribution in [1.29, 1.82) is 0 Å². The molecule has 1 aromatic heterocycles. The maximum atomic E-state index is 5.97. The first-order chi connectivity index (χ1) is 8.00. The highest BCUT2D eigenvalue weighted by atomic mass is 79.9. The van der Waals surface area contributed by atoms with Gasteiger partial charge in [-0.05, 0) is 47.8 Å². The number of halogens is 1. The van der Waals surface area contributed by atoms with Crippen LogP contribution in [0, 0.1) is 13.8 Å². The third kappa shape index (κ3) is 2.22. The summed E-state index contributed by atoms with van der Waals surface area (Å²) >= 11 is 3.38. The Morgan fingerprint density at radius 2 is 2.06 bits per heavy atom. The van der Waals surface area contributed by atoms with Crippen LogP contribution in [0.15, 0.2) is 28.9 Å². The third-order valence-electron chi connectivity index (χ3n) is 3.03. The van der Waals surface area contributed by atoms with E-state index in [1.165, 1.54) is 16.7 Å². The van der Waals surface area contributed by atoms with Crippen LogP contribution in [0.25, 0.3) is 0 Å². The first-order valence-corrected chi connectivity index (χ1v) is 6.35. The van der Waals surface area contributed by atoms with Gasteiger partial charge >= 0.3 is 0 Å². The van der Waals surface area contributed by atoms with Gasteiger partial charge in [0, 0.05) is 0 Å². The molecular weight excluding hydrogens is 278 g/mol. The zero-order valence-corrected chi connectivity index (χ0v) is 11.8. The lowest BCUT2D eigenvalue weighted by Gasteiger charge is -2.17. The van der Waals surface area contributed by atoms with Gasteiger partial charge in [-0.15, -0.1) is 0 Å². The second-order valence-corrected chi connectivity index (χ2v) is 5.21. The minimum atomic E-state index is 0.141. The summed E-state index contributed by atoms with van der Waals surface area (Å²) in [4.78, 5) is 0. The topological polar surface area (TPSA) is 43.8 Å². The van der Waals surface area contributed by atoms with Gasteiger partial charge in [-0.1, -0.05) is 23.8 Å². The average molecular weight is 294 g/mol. The Bertz CT molecular complexity index is 546. The second-order valence-electron chi connectivity index (χ2n) is 4.36. The largest absolute Gasteiger partial charge is 0.383 e. The van der Waals surface area contributed by atoms with Crippen molar-refractivity contribution in [2.45, 2.75) is 26.8 Å². The molecule has 0 bridgehead atoms. The van der Waals surface area contributed by atoms with Crippen molar-refractivity contribution in [1.82, 2.24) is 9.78 Å². The molecule has 0 saturated carbocycles. The van der Waals surface area contributed by atoms with E-state index in [1.807, 2.05) is 4.68 Å². The van der Waals surface area contributed by atoms with Crippen LogP contribution in [-0.2, 0) is 0 Å². The number of aryl methyl sites for hydroxylation is 2. The van der Waals surface area contributed by atoms with Gasteiger partial charge in [0.15, 0.2) is 0 Å². The lowest BCUT2D eigenvalue weighted by molar-refractivity contribution is 0.570. The van der Waals surface area contributed by atoms with E-state index in [0.29, 0.717) is 5.82 Å². The van der Waals surface area contributed by atoms with Crippen molar-refractivity contribution in [2.75, 3.05) is 5.73 Å². The van der Waals surface area contributed by atoms with Crippen LogP contribution < -0.4 is 5.73 Å². The molecule has 0 fully saturated rings. The molecule has 2 aromatic rings. The van der Waals surface area contributed by atoms with Crippen LogP contribution in [0.1, 0.15) is 29.7 Å². The third-order valence-corrected chi connectivity index (χ3v) is 3.64. The fourth-order valence-electron chi connectivity index (χ4n) is 2.09. The number of aromatic nitrogens is 2. The van der Waals surface area contributed by atoms with Crippen LogP contribution in [0.5, 0.6) is 0 Å². The molecule has 0 aliphatic heterocycles. The maximum absolute atomic E-state index is 5.97. The molecular formula is C13H16BrN3. The van der Waals surface area contributed by atoms with Crippen molar-refractivity contribution >= 4 is 21.7 Å². The van der Waals surface area contributed by atoms with Gasteiger partial charge < -0.3 is 5.73 Å². The molecule has 2 N–H and O–H groups in total. The van der Waals surface area contributed by atoms with E-state index in [0.717, 1.165) is 4.47 Å². The van der Waals surface area contributed by atoms with Crippen LogP contribution in [0.2, 0.25) is 0 Å².